The largest absolute Gasteiger partial charge is 0.506 e. The first-order valence-electron chi connectivity index (χ1n) is 5.65. The molecule has 0 unspecified atom stereocenters. The van der Waals surface area contributed by atoms with Crippen molar-refractivity contribution in [2.75, 3.05) is 0 Å². The fourth-order valence-electron chi connectivity index (χ4n) is 2.03. The Kier molecular flexibility index (Phi) is 3.60. The van der Waals surface area contributed by atoms with Gasteiger partial charge >= 0.3 is 6.18 Å². The fourth-order valence-corrected chi connectivity index (χ4v) is 2.38. The van der Waals surface area contributed by atoms with Crippen LogP contribution in [0.25, 0.3) is 0 Å². The molecule has 1 aromatic carbocycles. The van der Waals surface area contributed by atoms with Crippen LogP contribution in [0.4, 0.5) is 13.2 Å². The van der Waals surface area contributed by atoms with Gasteiger partial charge in [0.1, 0.15) is 5.75 Å². The van der Waals surface area contributed by atoms with Crippen molar-refractivity contribution in [1.82, 2.24) is 0 Å². The molecule has 6 heteroatoms. The molecule has 2 nitrogen and oxygen atoms in total. The summed E-state index contributed by atoms with van der Waals surface area (Å²) in [4.78, 5) is 0. The summed E-state index contributed by atoms with van der Waals surface area (Å²) in [5.41, 5.74) is 4.77. The molecule has 100 valence electrons. The van der Waals surface area contributed by atoms with Crippen molar-refractivity contribution in [2.24, 2.45) is 11.7 Å². The smallest absolute Gasteiger partial charge is 0.416 e. The highest BCUT2D eigenvalue weighted by Crippen LogP contribution is 2.45. The molecule has 0 radical (unpaired) electrons. The summed E-state index contributed by atoms with van der Waals surface area (Å²) in [5, 5.41) is 9.82. The van der Waals surface area contributed by atoms with E-state index in [1.165, 1.54) is 6.07 Å². The van der Waals surface area contributed by atoms with Crippen LogP contribution in [0.15, 0.2) is 16.6 Å². The Balaban J connectivity index is 2.43. The van der Waals surface area contributed by atoms with Gasteiger partial charge in [-0.1, -0.05) is 12.8 Å². The first kappa shape index (κ1) is 13.7. The van der Waals surface area contributed by atoms with Crippen molar-refractivity contribution in [2.45, 2.75) is 31.5 Å². The van der Waals surface area contributed by atoms with Gasteiger partial charge in [-0.15, -0.1) is 0 Å². The molecule has 0 aromatic heterocycles. The van der Waals surface area contributed by atoms with E-state index in [2.05, 4.69) is 15.9 Å². The van der Waals surface area contributed by atoms with E-state index in [0.29, 0.717) is 12.3 Å². The van der Waals surface area contributed by atoms with Crippen LogP contribution < -0.4 is 5.73 Å². The highest BCUT2D eigenvalue weighted by atomic mass is 79.9. The average molecular weight is 324 g/mol. The number of hydrogen-bond donors (Lipinski definition) is 2. The van der Waals surface area contributed by atoms with E-state index in [9.17, 15) is 18.3 Å². The standard InChI is InChI=1S/C12H13BrF3NO/c13-8-4-3-7(12(14,15)16)10(11(8)18)9(17)5-6-1-2-6/h3-4,6,9,18H,1-2,5,17H2/t9-/m0/s1. The lowest BCUT2D eigenvalue weighted by molar-refractivity contribution is -0.138. The second-order valence-corrected chi connectivity index (χ2v) is 5.49. The van der Waals surface area contributed by atoms with Gasteiger partial charge in [-0.3, -0.25) is 0 Å². The minimum Gasteiger partial charge on any atom is -0.506 e. The maximum Gasteiger partial charge on any atom is 0.416 e. The second-order valence-electron chi connectivity index (χ2n) is 4.64. The van der Waals surface area contributed by atoms with Gasteiger partial charge in [-0.2, -0.15) is 13.2 Å². The van der Waals surface area contributed by atoms with Crippen LogP contribution >= 0.6 is 15.9 Å². The van der Waals surface area contributed by atoms with E-state index in [1.54, 1.807) is 0 Å². The summed E-state index contributed by atoms with van der Waals surface area (Å²) in [6.07, 6.45) is -2.02. The van der Waals surface area contributed by atoms with Gasteiger partial charge in [0.05, 0.1) is 10.0 Å². The van der Waals surface area contributed by atoms with Crippen LogP contribution in [0.5, 0.6) is 5.75 Å². The minimum atomic E-state index is -4.51. The number of phenols is 1. The third-order valence-corrected chi connectivity index (χ3v) is 3.77. The van der Waals surface area contributed by atoms with Crippen molar-refractivity contribution in [1.29, 1.82) is 0 Å². The number of halogens is 4. The number of hydrogen-bond acceptors (Lipinski definition) is 2. The molecule has 0 amide bonds. The SMILES string of the molecule is N[C@@H](CC1CC1)c1c(C(F)(F)F)ccc(Br)c1O. The molecule has 1 saturated carbocycles. The van der Waals surface area contributed by atoms with E-state index >= 15 is 0 Å². The molecule has 18 heavy (non-hydrogen) atoms. The van der Waals surface area contributed by atoms with Crippen LogP contribution in [0, 0.1) is 5.92 Å². The van der Waals surface area contributed by atoms with Gasteiger partial charge in [0.15, 0.2) is 0 Å². The van der Waals surface area contributed by atoms with Crippen LogP contribution in [0.3, 0.4) is 0 Å². The van der Waals surface area contributed by atoms with Crippen LogP contribution in [0.1, 0.15) is 36.4 Å². The third-order valence-electron chi connectivity index (χ3n) is 3.13. The minimum absolute atomic E-state index is 0.205. The molecule has 0 heterocycles. The predicted octanol–water partition coefficient (Wildman–Crippen LogP) is 3.97. The Labute approximate surface area is 111 Å². The molecule has 1 atom stereocenters. The van der Waals surface area contributed by atoms with Gasteiger partial charge in [0, 0.05) is 11.6 Å². The van der Waals surface area contributed by atoms with Gasteiger partial charge in [0.25, 0.3) is 0 Å². The van der Waals surface area contributed by atoms with Crippen LogP contribution in [-0.4, -0.2) is 5.11 Å². The topological polar surface area (TPSA) is 46.2 Å². The number of benzene rings is 1. The zero-order valence-corrected chi connectivity index (χ0v) is 11.1. The summed E-state index contributed by atoms with van der Waals surface area (Å²) >= 11 is 3.02. The molecule has 1 fully saturated rings. The quantitative estimate of drug-likeness (QED) is 0.884. The maximum atomic E-state index is 12.9. The number of phenolic OH excluding ortho intramolecular Hbond substituents is 1. The lowest BCUT2D eigenvalue weighted by Gasteiger charge is -2.20. The van der Waals surface area contributed by atoms with Gasteiger partial charge in [0.2, 0.25) is 0 Å². The lowest BCUT2D eigenvalue weighted by atomic mass is 9.95. The molecular weight excluding hydrogens is 311 g/mol. The average Bonchev–Trinajstić information content (AvgIpc) is 3.03. The van der Waals surface area contributed by atoms with E-state index in [4.69, 9.17) is 5.73 Å². The molecule has 0 spiro atoms. The van der Waals surface area contributed by atoms with E-state index < -0.39 is 23.5 Å². The van der Waals surface area contributed by atoms with Crippen molar-refractivity contribution < 1.29 is 18.3 Å². The summed E-state index contributed by atoms with van der Waals surface area (Å²) < 4.78 is 38.9. The molecular formula is C12H13BrF3NO. The molecule has 1 aliphatic rings. The highest BCUT2D eigenvalue weighted by Gasteiger charge is 2.37. The first-order valence-corrected chi connectivity index (χ1v) is 6.44. The van der Waals surface area contributed by atoms with Crippen molar-refractivity contribution in [3.05, 3.63) is 27.7 Å². The zero-order valence-electron chi connectivity index (χ0n) is 9.47. The summed E-state index contributed by atoms with van der Waals surface area (Å²) in [6, 6.07) is 1.35. The molecule has 0 saturated heterocycles. The van der Waals surface area contributed by atoms with Gasteiger partial charge in [-0.05, 0) is 40.4 Å². The molecule has 1 aromatic rings. The fraction of sp³-hybridized carbons (Fsp3) is 0.500. The number of nitrogens with two attached hydrogens (primary N) is 1. The van der Waals surface area contributed by atoms with Crippen molar-refractivity contribution in [3.63, 3.8) is 0 Å². The summed E-state index contributed by atoms with van der Waals surface area (Å²) in [5.74, 6) is -0.0163. The molecule has 0 bridgehead atoms. The van der Waals surface area contributed by atoms with Crippen LogP contribution in [0.2, 0.25) is 0 Å². The molecule has 3 N–H and O–H groups in total. The number of rotatable bonds is 3. The normalized spacial score (nSPS) is 17.8. The zero-order chi connectivity index (χ0) is 13.5. The van der Waals surface area contributed by atoms with Crippen molar-refractivity contribution >= 4 is 15.9 Å². The Morgan fingerprint density at radius 1 is 1.39 bits per heavy atom. The predicted molar refractivity (Wildman–Crippen MR) is 65.1 cm³/mol. The van der Waals surface area contributed by atoms with Gasteiger partial charge in [-0.25, -0.2) is 0 Å². The molecule has 1 aliphatic carbocycles. The summed E-state index contributed by atoms with van der Waals surface area (Å²) in [6.45, 7) is 0. The Hall–Kier alpha value is -0.750. The monoisotopic (exact) mass is 323 g/mol. The third kappa shape index (κ3) is 2.80. The Morgan fingerprint density at radius 2 is 2.00 bits per heavy atom. The second kappa shape index (κ2) is 4.74. The summed E-state index contributed by atoms with van der Waals surface area (Å²) in [7, 11) is 0. The number of aromatic hydroxyl groups is 1. The highest BCUT2D eigenvalue weighted by molar-refractivity contribution is 9.10. The van der Waals surface area contributed by atoms with E-state index in [1.807, 2.05) is 0 Å². The van der Waals surface area contributed by atoms with E-state index in [0.717, 1.165) is 18.9 Å². The van der Waals surface area contributed by atoms with Crippen LogP contribution in [-0.2, 0) is 6.18 Å². The van der Waals surface area contributed by atoms with Gasteiger partial charge < -0.3 is 10.8 Å². The number of alkyl halides is 3. The Bertz CT molecular complexity index is 457. The Morgan fingerprint density at radius 3 is 2.50 bits per heavy atom. The molecule has 0 aliphatic heterocycles. The van der Waals surface area contributed by atoms with Crippen molar-refractivity contribution in [3.8, 4) is 5.75 Å². The molecule has 2 rings (SSSR count). The first-order chi connectivity index (χ1) is 8.30. The van der Waals surface area contributed by atoms with E-state index in [-0.39, 0.29) is 10.0 Å². The maximum absolute atomic E-state index is 12.9. The lowest BCUT2D eigenvalue weighted by Crippen LogP contribution is -2.18.